The van der Waals surface area contributed by atoms with Crippen molar-refractivity contribution in [2.75, 3.05) is 19.8 Å². The van der Waals surface area contributed by atoms with Crippen molar-refractivity contribution in [1.29, 1.82) is 5.26 Å². The van der Waals surface area contributed by atoms with Gasteiger partial charge in [0, 0.05) is 10.5 Å². The molecule has 0 saturated heterocycles. The molecule has 194 valence electrons. The van der Waals surface area contributed by atoms with Crippen LogP contribution in [0.3, 0.4) is 0 Å². The minimum absolute atomic E-state index is 0.0762. The zero-order valence-corrected chi connectivity index (χ0v) is 22.4. The first kappa shape index (κ1) is 27.4. The molecule has 1 aromatic rings. The van der Waals surface area contributed by atoms with E-state index in [2.05, 4.69) is 27.3 Å². The molecule has 3 rings (SSSR count). The van der Waals surface area contributed by atoms with E-state index in [-0.39, 0.29) is 48.0 Å². The predicted octanol–water partition coefficient (Wildman–Crippen LogP) is 4.32. The molecule has 1 aromatic carbocycles. The average molecular weight is 562 g/mol. The van der Waals surface area contributed by atoms with Gasteiger partial charge in [-0.3, -0.25) is 4.79 Å². The minimum Gasteiger partial charge on any atom is -0.490 e. The molecule has 1 amide bonds. The number of nitrogens with one attached hydrogen (secondary N) is 1. The lowest BCUT2D eigenvalue weighted by molar-refractivity contribution is -0.139. The molecular formula is C26H32BrN3O6. The Labute approximate surface area is 219 Å². The van der Waals surface area contributed by atoms with E-state index in [0.29, 0.717) is 28.1 Å². The van der Waals surface area contributed by atoms with Crippen LogP contribution in [0.2, 0.25) is 0 Å². The predicted molar refractivity (Wildman–Crippen MR) is 136 cm³/mol. The Balaban J connectivity index is 1.93. The van der Waals surface area contributed by atoms with Gasteiger partial charge in [0.15, 0.2) is 18.1 Å². The minimum atomic E-state index is -0.847. The number of nitriles is 1. The number of benzene rings is 1. The van der Waals surface area contributed by atoms with E-state index in [1.807, 2.05) is 6.92 Å². The van der Waals surface area contributed by atoms with E-state index in [1.165, 1.54) is 6.42 Å². The van der Waals surface area contributed by atoms with E-state index in [4.69, 9.17) is 24.7 Å². The Morgan fingerprint density at radius 1 is 1.17 bits per heavy atom. The van der Waals surface area contributed by atoms with Crippen LogP contribution < -0.4 is 20.5 Å². The first-order chi connectivity index (χ1) is 17.3. The fourth-order valence-corrected chi connectivity index (χ4v) is 5.03. The van der Waals surface area contributed by atoms with Gasteiger partial charge in [-0.25, -0.2) is 4.79 Å². The van der Waals surface area contributed by atoms with E-state index in [0.717, 1.165) is 25.7 Å². The summed E-state index contributed by atoms with van der Waals surface area (Å²) < 4.78 is 22.9. The summed E-state index contributed by atoms with van der Waals surface area (Å²) in [5, 5.41) is 12.9. The Morgan fingerprint density at radius 3 is 2.50 bits per heavy atom. The average Bonchev–Trinajstić information content (AvgIpc) is 2.84. The molecule has 0 spiro atoms. The third kappa shape index (κ3) is 6.32. The Morgan fingerprint density at radius 2 is 1.86 bits per heavy atom. The molecule has 3 N–H and O–H groups in total. The molecule has 1 heterocycles. The van der Waals surface area contributed by atoms with Gasteiger partial charge in [-0.05, 0) is 51.3 Å². The highest BCUT2D eigenvalue weighted by molar-refractivity contribution is 9.10. The quantitative estimate of drug-likeness (QED) is 0.426. The molecule has 1 aliphatic heterocycles. The highest BCUT2D eigenvalue weighted by atomic mass is 79.9. The number of nitrogens with zero attached hydrogens (tertiary/aromatic N) is 1. The number of hydrogen-bond acceptors (Lipinski definition) is 8. The third-order valence-corrected chi connectivity index (χ3v) is 6.79. The van der Waals surface area contributed by atoms with Crippen LogP contribution in [0.1, 0.15) is 64.4 Å². The van der Waals surface area contributed by atoms with Crippen molar-refractivity contribution in [3.05, 3.63) is 45.0 Å². The smallest absolute Gasteiger partial charge is 0.338 e. The second-order valence-electron chi connectivity index (χ2n) is 8.56. The van der Waals surface area contributed by atoms with Gasteiger partial charge >= 0.3 is 5.97 Å². The largest absolute Gasteiger partial charge is 0.490 e. The van der Waals surface area contributed by atoms with Gasteiger partial charge in [0.2, 0.25) is 5.88 Å². The molecule has 0 radical (unpaired) electrons. The van der Waals surface area contributed by atoms with Crippen LogP contribution in [0, 0.1) is 11.3 Å². The van der Waals surface area contributed by atoms with Crippen molar-refractivity contribution in [2.24, 2.45) is 5.73 Å². The molecule has 1 aliphatic carbocycles. The van der Waals surface area contributed by atoms with Crippen LogP contribution in [-0.2, 0) is 19.1 Å². The van der Waals surface area contributed by atoms with Gasteiger partial charge in [0.05, 0.1) is 24.7 Å². The fourth-order valence-electron chi connectivity index (χ4n) is 4.48. The normalized spacial score (nSPS) is 18.2. The zero-order chi connectivity index (χ0) is 26.2. The Kier molecular flexibility index (Phi) is 9.65. The van der Waals surface area contributed by atoms with Crippen molar-refractivity contribution in [2.45, 2.75) is 64.8 Å². The molecule has 1 atom stereocenters. The maximum absolute atomic E-state index is 12.8. The number of amides is 1. The van der Waals surface area contributed by atoms with Gasteiger partial charge < -0.3 is 30.0 Å². The van der Waals surface area contributed by atoms with Crippen molar-refractivity contribution in [1.82, 2.24) is 5.32 Å². The topological polar surface area (TPSA) is 133 Å². The molecule has 9 nitrogen and oxygen atoms in total. The summed E-state index contributed by atoms with van der Waals surface area (Å²) in [6.07, 6.45) is 5.40. The number of nitrogens with two attached hydrogens (primary N) is 1. The number of ether oxygens (including phenoxy) is 4. The van der Waals surface area contributed by atoms with E-state index >= 15 is 0 Å². The summed E-state index contributed by atoms with van der Waals surface area (Å²) in [5.41, 5.74) is 6.80. The summed E-state index contributed by atoms with van der Waals surface area (Å²) in [5.74, 6) is -0.766. The van der Waals surface area contributed by atoms with Crippen molar-refractivity contribution < 1.29 is 28.5 Å². The number of esters is 1. The van der Waals surface area contributed by atoms with Gasteiger partial charge in [-0.15, -0.1) is 0 Å². The summed E-state index contributed by atoms with van der Waals surface area (Å²) in [7, 11) is 0. The molecule has 2 aliphatic rings. The summed E-state index contributed by atoms with van der Waals surface area (Å²) in [4.78, 5) is 25.3. The molecular weight excluding hydrogens is 530 g/mol. The van der Waals surface area contributed by atoms with Crippen molar-refractivity contribution >= 4 is 27.8 Å². The summed E-state index contributed by atoms with van der Waals surface area (Å²) in [6.45, 7) is 5.44. The second-order valence-corrected chi connectivity index (χ2v) is 9.41. The first-order valence-corrected chi connectivity index (χ1v) is 12.9. The van der Waals surface area contributed by atoms with E-state index < -0.39 is 11.9 Å². The number of allylic oxidation sites excluding steroid dienone is 2. The standard InChI is InChI=1S/C26H32BrN3O6/c1-4-33-20-11-17(24-18(13-28)25(29)36-15(3)23(24)26(32)34-5-2)19(27)12-21(20)35-14-22(31)30-16-9-7-6-8-10-16/h11-12,16,24H,4-10,14,29H2,1-3H3,(H,30,31). The van der Waals surface area contributed by atoms with Crippen LogP contribution in [0.5, 0.6) is 11.5 Å². The van der Waals surface area contributed by atoms with Crippen molar-refractivity contribution in [3.8, 4) is 17.6 Å². The van der Waals surface area contributed by atoms with Crippen LogP contribution in [0.4, 0.5) is 0 Å². The van der Waals surface area contributed by atoms with Crippen LogP contribution in [0.25, 0.3) is 0 Å². The Hall–Kier alpha value is -3.19. The number of carbonyl (C=O) groups is 2. The molecule has 36 heavy (non-hydrogen) atoms. The van der Waals surface area contributed by atoms with Crippen LogP contribution in [-0.4, -0.2) is 37.7 Å². The fraction of sp³-hybridized carbons (Fsp3) is 0.500. The number of halogens is 1. The highest BCUT2D eigenvalue weighted by Crippen LogP contribution is 2.45. The number of rotatable bonds is 9. The highest BCUT2D eigenvalue weighted by Gasteiger charge is 2.38. The lowest BCUT2D eigenvalue weighted by Gasteiger charge is -2.28. The zero-order valence-electron chi connectivity index (χ0n) is 20.8. The number of carbonyl (C=O) groups excluding carboxylic acids is 2. The molecule has 0 aromatic heterocycles. The lowest BCUT2D eigenvalue weighted by Crippen LogP contribution is -2.39. The van der Waals surface area contributed by atoms with Gasteiger partial charge in [0.1, 0.15) is 17.4 Å². The van der Waals surface area contributed by atoms with Gasteiger partial charge in [-0.1, -0.05) is 35.2 Å². The first-order valence-electron chi connectivity index (χ1n) is 12.1. The molecule has 10 heteroatoms. The third-order valence-electron chi connectivity index (χ3n) is 6.10. The van der Waals surface area contributed by atoms with E-state index in [9.17, 15) is 14.9 Å². The van der Waals surface area contributed by atoms with Crippen LogP contribution in [0.15, 0.2) is 39.4 Å². The second kappa shape index (κ2) is 12.7. The van der Waals surface area contributed by atoms with Crippen LogP contribution >= 0.6 is 15.9 Å². The Bertz CT molecular complexity index is 1100. The molecule has 1 unspecified atom stereocenters. The van der Waals surface area contributed by atoms with E-state index in [1.54, 1.807) is 26.0 Å². The monoisotopic (exact) mass is 561 g/mol. The summed E-state index contributed by atoms with van der Waals surface area (Å²) in [6, 6.07) is 5.58. The molecule has 1 saturated carbocycles. The van der Waals surface area contributed by atoms with Gasteiger partial charge in [-0.2, -0.15) is 5.26 Å². The molecule has 1 fully saturated rings. The van der Waals surface area contributed by atoms with Crippen molar-refractivity contribution in [3.63, 3.8) is 0 Å². The maximum Gasteiger partial charge on any atom is 0.338 e. The molecule has 0 bridgehead atoms. The van der Waals surface area contributed by atoms with Gasteiger partial charge in [0.25, 0.3) is 5.91 Å². The summed E-state index contributed by atoms with van der Waals surface area (Å²) >= 11 is 3.54. The SMILES string of the molecule is CCOC(=O)C1=C(C)OC(N)=C(C#N)C1c1cc(OCC)c(OCC(=O)NC2CCCCC2)cc1Br. The maximum atomic E-state index is 12.8. The number of hydrogen-bond donors (Lipinski definition) is 2. The lowest BCUT2D eigenvalue weighted by atomic mass is 9.83.